The van der Waals surface area contributed by atoms with Gasteiger partial charge in [0.2, 0.25) is 0 Å². The van der Waals surface area contributed by atoms with Crippen LogP contribution in [0.3, 0.4) is 0 Å². The van der Waals surface area contributed by atoms with Crippen molar-refractivity contribution in [3.8, 4) is 5.69 Å². The molecule has 2 aromatic rings. The molecule has 4 N–H and O–H groups in total. The van der Waals surface area contributed by atoms with Gasteiger partial charge in [-0.2, -0.15) is 5.10 Å². The van der Waals surface area contributed by atoms with Crippen LogP contribution in [0.15, 0.2) is 36.5 Å². The van der Waals surface area contributed by atoms with Crippen LogP contribution in [-0.2, 0) is 0 Å². The van der Waals surface area contributed by atoms with Crippen LogP contribution in [0.5, 0.6) is 0 Å². The number of rotatable bonds is 5. The van der Waals surface area contributed by atoms with Crippen LogP contribution >= 0.6 is 0 Å². The van der Waals surface area contributed by atoms with Gasteiger partial charge in [0.1, 0.15) is 0 Å². The van der Waals surface area contributed by atoms with Crippen molar-refractivity contribution in [3.05, 3.63) is 42.2 Å². The number of nitrogen functional groups attached to an aromatic ring is 1. The highest BCUT2D eigenvalue weighted by Gasteiger charge is 2.21. The van der Waals surface area contributed by atoms with Crippen LogP contribution in [0.25, 0.3) is 5.69 Å². The minimum atomic E-state index is -0.475. The number of nitrogens with zero attached hydrogens (tertiary/aromatic N) is 2. The first-order chi connectivity index (χ1) is 9.91. The molecule has 0 saturated heterocycles. The highest BCUT2D eigenvalue weighted by atomic mass is 16.3. The maximum Gasteiger partial charge on any atom is 0.272 e. The minimum Gasteiger partial charge on any atom is -0.399 e. The molecule has 21 heavy (non-hydrogen) atoms. The number of carbonyl (C=O) groups is 1. The summed E-state index contributed by atoms with van der Waals surface area (Å²) in [5.74, 6) is -0.261. The van der Waals surface area contributed by atoms with E-state index in [0.717, 1.165) is 5.69 Å². The fourth-order valence-electron chi connectivity index (χ4n) is 1.93. The summed E-state index contributed by atoms with van der Waals surface area (Å²) in [5, 5.41) is 16.1. The number of aliphatic hydroxyl groups excluding tert-OH is 1. The Bertz CT molecular complexity index is 617. The van der Waals surface area contributed by atoms with Crippen molar-refractivity contribution < 1.29 is 9.90 Å². The lowest BCUT2D eigenvalue weighted by molar-refractivity contribution is 0.0894. The molecule has 1 aromatic heterocycles. The Balaban J connectivity index is 2.12. The minimum absolute atomic E-state index is 0.0210. The van der Waals surface area contributed by atoms with Crippen LogP contribution < -0.4 is 11.1 Å². The second kappa shape index (κ2) is 5.97. The molecule has 1 heterocycles. The zero-order valence-corrected chi connectivity index (χ0v) is 12.2. The lowest BCUT2D eigenvalue weighted by atomic mass is 10.0. The van der Waals surface area contributed by atoms with Crippen molar-refractivity contribution >= 4 is 11.6 Å². The van der Waals surface area contributed by atoms with E-state index in [2.05, 4.69) is 10.4 Å². The summed E-state index contributed by atoms with van der Waals surface area (Å²) in [5.41, 5.74) is 7.00. The highest BCUT2D eigenvalue weighted by molar-refractivity contribution is 5.92. The van der Waals surface area contributed by atoms with E-state index in [0.29, 0.717) is 17.8 Å². The number of amides is 1. The standard InChI is InChI=1S/C15H20N4O2/c1-15(2,8-10-20)17-14(21)13-7-9-19(18-13)12-5-3-11(16)4-6-12/h3-7,9,20H,8,10,16H2,1-2H3,(H,17,21). The van der Waals surface area contributed by atoms with Gasteiger partial charge in [0, 0.05) is 24.0 Å². The summed E-state index contributed by atoms with van der Waals surface area (Å²) >= 11 is 0. The fraction of sp³-hybridized carbons (Fsp3) is 0.333. The second-order valence-electron chi connectivity index (χ2n) is 5.55. The molecule has 2 rings (SSSR count). The number of nitrogens with two attached hydrogens (primary N) is 1. The van der Waals surface area contributed by atoms with Gasteiger partial charge in [-0.1, -0.05) is 0 Å². The van der Waals surface area contributed by atoms with Gasteiger partial charge >= 0.3 is 0 Å². The van der Waals surface area contributed by atoms with Crippen LogP contribution in [-0.4, -0.2) is 32.9 Å². The molecule has 6 nitrogen and oxygen atoms in total. The largest absolute Gasteiger partial charge is 0.399 e. The zero-order chi connectivity index (χ0) is 15.5. The maximum absolute atomic E-state index is 12.1. The SMILES string of the molecule is CC(C)(CCO)NC(=O)c1ccn(-c2ccc(N)cc2)n1. The van der Waals surface area contributed by atoms with E-state index in [9.17, 15) is 4.79 Å². The molecule has 1 amide bonds. The Labute approximate surface area is 123 Å². The van der Waals surface area contributed by atoms with Crippen molar-refractivity contribution in [2.24, 2.45) is 0 Å². The van der Waals surface area contributed by atoms with Gasteiger partial charge in [-0.15, -0.1) is 0 Å². The van der Waals surface area contributed by atoms with Gasteiger partial charge in [-0.3, -0.25) is 4.79 Å². The van der Waals surface area contributed by atoms with Gasteiger partial charge in [0.05, 0.1) is 5.69 Å². The number of aliphatic hydroxyl groups is 1. The average Bonchev–Trinajstić information content (AvgIpc) is 2.88. The molecule has 0 aliphatic heterocycles. The summed E-state index contributed by atoms with van der Waals surface area (Å²) < 4.78 is 1.62. The number of hydrogen-bond acceptors (Lipinski definition) is 4. The van der Waals surface area contributed by atoms with Gasteiger partial charge in [0.25, 0.3) is 5.91 Å². The van der Waals surface area contributed by atoms with E-state index in [1.54, 1.807) is 29.1 Å². The van der Waals surface area contributed by atoms with Crippen LogP contribution in [0, 0.1) is 0 Å². The van der Waals surface area contributed by atoms with E-state index in [1.807, 2.05) is 26.0 Å². The first-order valence-electron chi connectivity index (χ1n) is 6.76. The fourth-order valence-corrected chi connectivity index (χ4v) is 1.93. The second-order valence-corrected chi connectivity index (χ2v) is 5.55. The van der Waals surface area contributed by atoms with E-state index in [-0.39, 0.29) is 12.5 Å². The first kappa shape index (κ1) is 15.1. The molecular weight excluding hydrogens is 268 g/mol. The Hall–Kier alpha value is -2.34. The zero-order valence-electron chi connectivity index (χ0n) is 12.2. The number of aromatic nitrogens is 2. The van der Waals surface area contributed by atoms with Gasteiger partial charge < -0.3 is 16.2 Å². The Morgan fingerprint density at radius 2 is 2.00 bits per heavy atom. The Morgan fingerprint density at radius 1 is 1.33 bits per heavy atom. The lowest BCUT2D eigenvalue weighted by Crippen LogP contribution is -2.44. The highest BCUT2D eigenvalue weighted by Crippen LogP contribution is 2.12. The maximum atomic E-state index is 12.1. The van der Waals surface area contributed by atoms with Crippen molar-refractivity contribution in [1.29, 1.82) is 0 Å². The molecule has 112 valence electrons. The smallest absolute Gasteiger partial charge is 0.272 e. The summed E-state index contributed by atoms with van der Waals surface area (Å²) in [6.07, 6.45) is 2.21. The normalized spacial score (nSPS) is 11.4. The number of hydrogen-bond donors (Lipinski definition) is 3. The predicted molar refractivity (Wildman–Crippen MR) is 81.2 cm³/mol. The molecule has 0 radical (unpaired) electrons. The topological polar surface area (TPSA) is 93.2 Å². The number of carbonyl (C=O) groups excluding carboxylic acids is 1. The molecule has 0 spiro atoms. The first-order valence-corrected chi connectivity index (χ1v) is 6.76. The third-order valence-electron chi connectivity index (χ3n) is 3.17. The molecule has 0 aliphatic carbocycles. The van der Waals surface area contributed by atoms with Crippen molar-refractivity contribution in [2.45, 2.75) is 25.8 Å². The van der Waals surface area contributed by atoms with Gasteiger partial charge in [0.15, 0.2) is 5.69 Å². The van der Waals surface area contributed by atoms with E-state index in [1.165, 1.54) is 0 Å². The average molecular weight is 288 g/mol. The van der Waals surface area contributed by atoms with Crippen LogP contribution in [0.2, 0.25) is 0 Å². The van der Waals surface area contributed by atoms with Crippen LogP contribution in [0.4, 0.5) is 5.69 Å². The molecule has 0 aliphatic rings. The van der Waals surface area contributed by atoms with Crippen molar-refractivity contribution in [2.75, 3.05) is 12.3 Å². The van der Waals surface area contributed by atoms with Crippen molar-refractivity contribution in [3.63, 3.8) is 0 Å². The van der Waals surface area contributed by atoms with Crippen molar-refractivity contribution in [1.82, 2.24) is 15.1 Å². The summed E-state index contributed by atoms with van der Waals surface area (Å²) in [6, 6.07) is 8.88. The molecule has 6 heteroatoms. The monoisotopic (exact) mass is 288 g/mol. The number of benzene rings is 1. The van der Waals surface area contributed by atoms with E-state index < -0.39 is 5.54 Å². The molecule has 0 fully saturated rings. The summed E-state index contributed by atoms with van der Waals surface area (Å²) in [4.78, 5) is 12.1. The van der Waals surface area contributed by atoms with Crippen LogP contribution in [0.1, 0.15) is 30.8 Å². The molecule has 1 aromatic carbocycles. The Morgan fingerprint density at radius 3 is 2.62 bits per heavy atom. The number of nitrogens with one attached hydrogen (secondary N) is 1. The van der Waals surface area contributed by atoms with E-state index >= 15 is 0 Å². The lowest BCUT2D eigenvalue weighted by Gasteiger charge is -2.24. The number of anilines is 1. The Kier molecular flexibility index (Phi) is 4.28. The van der Waals surface area contributed by atoms with Gasteiger partial charge in [-0.05, 0) is 50.6 Å². The summed E-state index contributed by atoms with van der Waals surface area (Å²) in [6.45, 7) is 3.74. The third kappa shape index (κ3) is 3.82. The molecule has 0 saturated carbocycles. The molecular formula is C15H20N4O2. The van der Waals surface area contributed by atoms with E-state index in [4.69, 9.17) is 10.8 Å². The summed E-state index contributed by atoms with van der Waals surface area (Å²) in [7, 11) is 0. The quantitative estimate of drug-likeness (QED) is 0.724. The molecule has 0 bridgehead atoms. The molecule has 0 atom stereocenters. The molecule has 0 unspecified atom stereocenters. The third-order valence-corrected chi connectivity index (χ3v) is 3.17. The van der Waals surface area contributed by atoms with Gasteiger partial charge in [-0.25, -0.2) is 4.68 Å². The predicted octanol–water partition coefficient (Wildman–Crippen LogP) is 1.35.